The number of benzene rings is 1. The fourth-order valence-corrected chi connectivity index (χ4v) is 2.32. The van der Waals surface area contributed by atoms with Crippen LogP contribution < -0.4 is 0 Å². The van der Waals surface area contributed by atoms with Crippen LogP contribution in [0.3, 0.4) is 0 Å². The Labute approximate surface area is 116 Å². The van der Waals surface area contributed by atoms with Crippen LogP contribution in [0.5, 0.6) is 0 Å². The Morgan fingerprint density at radius 1 is 1.15 bits per heavy atom. The maximum atomic E-state index is 13.3. The zero-order chi connectivity index (χ0) is 14.1. The molecule has 0 aliphatic carbocycles. The quantitative estimate of drug-likeness (QED) is 0.794. The zero-order valence-corrected chi connectivity index (χ0v) is 11.2. The highest BCUT2D eigenvalue weighted by atomic mass is 19.1. The number of aromatic nitrogens is 2. The second-order valence-electron chi connectivity index (χ2n) is 4.90. The number of rotatable bonds is 3. The first-order valence-electron chi connectivity index (χ1n) is 6.49. The van der Waals surface area contributed by atoms with E-state index in [9.17, 15) is 9.50 Å². The minimum Gasteiger partial charge on any atom is -0.390 e. The smallest absolute Gasteiger partial charge is 0.139 e. The van der Waals surface area contributed by atoms with Crippen LogP contribution in [0, 0.1) is 12.7 Å². The summed E-state index contributed by atoms with van der Waals surface area (Å²) in [6, 6.07) is 11.2. The van der Waals surface area contributed by atoms with Gasteiger partial charge < -0.3 is 5.11 Å². The van der Waals surface area contributed by atoms with Crippen LogP contribution in [0.15, 0.2) is 42.6 Å². The van der Waals surface area contributed by atoms with Crippen LogP contribution in [-0.4, -0.2) is 14.5 Å². The number of nitrogens with zero attached hydrogens (tertiary/aromatic N) is 2. The van der Waals surface area contributed by atoms with Crippen molar-refractivity contribution in [2.75, 3.05) is 0 Å². The molecule has 3 rings (SSSR count). The minimum atomic E-state index is -0.341. The van der Waals surface area contributed by atoms with Gasteiger partial charge in [-0.05, 0) is 24.6 Å². The normalized spacial score (nSPS) is 11.2. The standard InChI is InChI=1S/C16H15FN2O/c1-11-2-4-12(5-3-11)8-14-15(10-20)19-9-13(17)6-7-16(19)18-14/h2-7,9,20H,8,10H2,1H3. The van der Waals surface area contributed by atoms with E-state index in [2.05, 4.69) is 4.98 Å². The largest absolute Gasteiger partial charge is 0.390 e. The van der Waals surface area contributed by atoms with Gasteiger partial charge in [-0.15, -0.1) is 0 Å². The molecule has 0 radical (unpaired) electrons. The van der Waals surface area contributed by atoms with Crippen molar-refractivity contribution >= 4 is 5.65 Å². The molecule has 0 aliphatic rings. The van der Waals surface area contributed by atoms with E-state index < -0.39 is 0 Å². The van der Waals surface area contributed by atoms with Gasteiger partial charge in [-0.3, -0.25) is 4.40 Å². The van der Waals surface area contributed by atoms with Crippen molar-refractivity contribution in [2.45, 2.75) is 20.0 Å². The molecule has 1 aromatic carbocycles. The highest BCUT2D eigenvalue weighted by Crippen LogP contribution is 2.18. The predicted octanol–water partition coefficient (Wildman–Crippen LogP) is 2.86. The molecule has 0 unspecified atom stereocenters. The number of halogens is 1. The van der Waals surface area contributed by atoms with E-state index in [0.717, 1.165) is 11.3 Å². The van der Waals surface area contributed by atoms with E-state index in [-0.39, 0.29) is 12.4 Å². The van der Waals surface area contributed by atoms with Crippen molar-refractivity contribution in [3.05, 3.63) is 70.9 Å². The fourth-order valence-electron chi connectivity index (χ4n) is 2.32. The van der Waals surface area contributed by atoms with Crippen LogP contribution >= 0.6 is 0 Å². The molecule has 0 saturated heterocycles. The van der Waals surface area contributed by atoms with Crippen molar-refractivity contribution in [1.29, 1.82) is 0 Å². The second-order valence-corrected chi connectivity index (χ2v) is 4.90. The molecule has 0 fully saturated rings. The Bertz CT molecular complexity index is 747. The molecule has 0 amide bonds. The van der Waals surface area contributed by atoms with Crippen LogP contribution in [0.2, 0.25) is 0 Å². The maximum Gasteiger partial charge on any atom is 0.139 e. The van der Waals surface area contributed by atoms with Gasteiger partial charge in [0, 0.05) is 12.6 Å². The predicted molar refractivity (Wildman–Crippen MR) is 75.1 cm³/mol. The van der Waals surface area contributed by atoms with E-state index in [0.29, 0.717) is 17.8 Å². The lowest BCUT2D eigenvalue weighted by atomic mass is 10.1. The first-order valence-corrected chi connectivity index (χ1v) is 6.49. The Hall–Kier alpha value is -2.20. The molecule has 20 heavy (non-hydrogen) atoms. The van der Waals surface area contributed by atoms with Gasteiger partial charge in [0.25, 0.3) is 0 Å². The average Bonchev–Trinajstić information content (AvgIpc) is 2.78. The van der Waals surface area contributed by atoms with Gasteiger partial charge in [-0.2, -0.15) is 0 Å². The second kappa shape index (κ2) is 5.06. The van der Waals surface area contributed by atoms with Gasteiger partial charge in [-0.1, -0.05) is 29.8 Å². The third kappa shape index (κ3) is 2.30. The van der Waals surface area contributed by atoms with Gasteiger partial charge in [0.05, 0.1) is 18.0 Å². The molecule has 0 saturated carbocycles. The van der Waals surface area contributed by atoms with E-state index in [4.69, 9.17) is 0 Å². The topological polar surface area (TPSA) is 37.5 Å². The molecule has 0 aliphatic heterocycles. The van der Waals surface area contributed by atoms with Crippen molar-refractivity contribution < 1.29 is 9.50 Å². The number of imidazole rings is 1. The summed E-state index contributed by atoms with van der Waals surface area (Å²) in [7, 11) is 0. The number of hydrogen-bond donors (Lipinski definition) is 1. The van der Waals surface area contributed by atoms with Gasteiger partial charge in [-0.25, -0.2) is 9.37 Å². The van der Waals surface area contributed by atoms with Gasteiger partial charge in [0.2, 0.25) is 0 Å². The monoisotopic (exact) mass is 270 g/mol. The highest BCUT2D eigenvalue weighted by molar-refractivity contribution is 5.44. The lowest BCUT2D eigenvalue weighted by Gasteiger charge is -2.03. The molecule has 3 aromatic rings. The third-order valence-corrected chi connectivity index (χ3v) is 3.41. The Kier molecular flexibility index (Phi) is 3.24. The van der Waals surface area contributed by atoms with Crippen LogP contribution in [0.25, 0.3) is 5.65 Å². The lowest BCUT2D eigenvalue weighted by Crippen LogP contribution is -1.98. The number of fused-ring (bicyclic) bond motifs is 1. The number of pyridine rings is 1. The van der Waals surface area contributed by atoms with E-state index in [1.54, 1.807) is 10.5 Å². The summed E-state index contributed by atoms with van der Waals surface area (Å²) in [5, 5.41) is 9.54. The summed E-state index contributed by atoms with van der Waals surface area (Å²) in [6.07, 6.45) is 1.98. The first-order chi connectivity index (χ1) is 9.67. The zero-order valence-electron chi connectivity index (χ0n) is 11.2. The summed E-state index contributed by atoms with van der Waals surface area (Å²) in [5.74, 6) is -0.341. The average molecular weight is 270 g/mol. The van der Waals surface area contributed by atoms with Crippen LogP contribution in [0.1, 0.15) is 22.5 Å². The molecule has 1 N–H and O–H groups in total. The highest BCUT2D eigenvalue weighted by Gasteiger charge is 2.12. The third-order valence-electron chi connectivity index (χ3n) is 3.41. The fraction of sp³-hybridized carbons (Fsp3) is 0.188. The SMILES string of the molecule is Cc1ccc(Cc2nc3ccc(F)cn3c2CO)cc1. The van der Waals surface area contributed by atoms with Crippen LogP contribution in [0.4, 0.5) is 4.39 Å². The summed E-state index contributed by atoms with van der Waals surface area (Å²) >= 11 is 0. The molecule has 2 heterocycles. The molecule has 3 nitrogen and oxygen atoms in total. The molecule has 0 atom stereocenters. The summed E-state index contributed by atoms with van der Waals surface area (Å²) in [5.41, 5.74) is 4.39. The van der Waals surface area contributed by atoms with E-state index in [1.807, 2.05) is 31.2 Å². The molecule has 0 spiro atoms. The molecular weight excluding hydrogens is 255 g/mol. The molecule has 102 valence electrons. The van der Waals surface area contributed by atoms with Gasteiger partial charge in [0.15, 0.2) is 0 Å². The summed E-state index contributed by atoms with van der Waals surface area (Å²) in [4.78, 5) is 4.48. The first kappa shape index (κ1) is 12.8. The van der Waals surface area contributed by atoms with Crippen molar-refractivity contribution in [1.82, 2.24) is 9.38 Å². The number of aryl methyl sites for hydroxylation is 1. The summed E-state index contributed by atoms with van der Waals surface area (Å²) < 4.78 is 14.9. The molecule has 0 bridgehead atoms. The Balaban J connectivity index is 2.04. The Morgan fingerprint density at radius 3 is 2.60 bits per heavy atom. The van der Waals surface area contributed by atoms with Crippen molar-refractivity contribution in [3.63, 3.8) is 0 Å². The summed E-state index contributed by atoms with van der Waals surface area (Å²) in [6.45, 7) is 1.88. The maximum absolute atomic E-state index is 13.3. The molecule has 4 heteroatoms. The van der Waals surface area contributed by atoms with Gasteiger partial charge >= 0.3 is 0 Å². The molecular formula is C16H15FN2O. The number of aliphatic hydroxyl groups is 1. The van der Waals surface area contributed by atoms with Crippen molar-refractivity contribution in [2.24, 2.45) is 0 Å². The molecule has 2 aromatic heterocycles. The lowest BCUT2D eigenvalue weighted by molar-refractivity contribution is 0.274. The number of aliphatic hydroxyl groups excluding tert-OH is 1. The van der Waals surface area contributed by atoms with Gasteiger partial charge in [0.1, 0.15) is 11.5 Å². The van der Waals surface area contributed by atoms with Crippen molar-refractivity contribution in [3.8, 4) is 0 Å². The van der Waals surface area contributed by atoms with E-state index >= 15 is 0 Å². The number of hydrogen-bond acceptors (Lipinski definition) is 2. The Morgan fingerprint density at radius 2 is 1.90 bits per heavy atom. The van der Waals surface area contributed by atoms with E-state index in [1.165, 1.54) is 17.8 Å². The van der Waals surface area contributed by atoms with Crippen LogP contribution in [-0.2, 0) is 13.0 Å². The minimum absolute atomic E-state index is 0.161.